The normalized spacial score (nSPS) is 11.0. The molecule has 0 aliphatic heterocycles. The summed E-state index contributed by atoms with van der Waals surface area (Å²) in [6, 6.07) is 5.60. The van der Waals surface area contributed by atoms with Gasteiger partial charge in [0, 0.05) is 23.5 Å². The first-order valence-electron chi connectivity index (χ1n) is 6.67. The van der Waals surface area contributed by atoms with Crippen LogP contribution in [0.1, 0.15) is 20.7 Å². The van der Waals surface area contributed by atoms with Gasteiger partial charge in [-0.05, 0) is 24.3 Å². The van der Waals surface area contributed by atoms with Gasteiger partial charge in [-0.25, -0.2) is 9.59 Å². The molecule has 0 aliphatic carbocycles. The fourth-order valence-electron chi connectivity index (χ4n) is 1.94. The van der Waals surface area contributed by atoms with E-state index in [2.05, 4.69) is 4.74 Å². The highest BCUT2D eigenvalue weighted by Gasteiger charge is 2.21. The van der Waals surface area contributed by atoms with Crippen molar-refractivity contribution in [2.75, 3.05) is 11.5 Å². The van der Waals surface area contributed by atoms with Gasteiger partial charge in [0.15, 0.2) is 0 Å². The third kappa shape index (κ3) is 4.12. The lowest BCUT2D eigenvalue weighted by Gasteiger charge is -2.07. The number of anilines is 2. The van der Waals surface area contributed by atoms with Crippen molar-refractivity contribution in [2.45, 2.75) is 4.90 Å². The Kier molecular flexibility index (Phi) is 4.91. The molecular formula is C14H11N3O8S. The Morgan fingerprint density at radius 1 is 1.08 bits per heavy atom. The van der Waals surface area contributed by atoms with E-state index in [9.17, 15) is 28.1 Å². The number of rotatable bonds is 4. The lowest BCUT2D eigenvalue weighted by atomic mass is 10.1. The molecule has 0 aromatic heterocycles. The highest BCUT2D eigenvalue weighted by molar-refractivity contribution is 7.85. The first kappa shape index (κ1) is 18.8. The molecule has 0 spiro atoms. The summed E-state index contributed by atoms with van der Waals surface area (Å²) in [5, 5.41) is 10.8. The van der Waals surface area contributed by atoms with Crippen LogP contribution >= 0.6 is 0 Å². The second-order valence-electron chi connectivity index (χ2n) is 4.97. The molecule has 0 unspecified atom stereocenters. The molecule has 0 heterocycles. The molecule has 11 nitrogen and oxygen atoms in total. The zero-order valence-electron chi connectivity index (χ0n) is 12.8. The van der Waals surface area contributed by atoms with Gasteiger partial charge in [-0.15, -0.1) is 0 Å². The van der Waals surface area contributed by atoms with Crippen LogP contribution in [0.3, 0.4) is 0 Å². The summed E-state index contributed by atoms with van der Waals surface area (Å²) in [5.41, 5.74) is 9.38. The summed E-state index contributed by atoms with van der Waals surface area (Å²) >= 11 is 0. The number of non-ortho nitro benzene ring substituents is 1. The summed E-state index contributed by atoms with van der Waals surface area (Å²) < 4.78 is 35.5. The van der Waals surface area contributed by atoms with Crippen molar-refractivity contribution in [3.8, 4) is 0 Å². The molecule has 0 fully saturated rings. The van der Waals surface area contributed by atoms with Crippen molar-refractivity contribution in [2.24, 2.45) is 0 Å². The predicted octanol–water partition coefficient (Wildman–Crippen LogP) is 1.00. The number of hydrogen-bond donors (Lipinski definition) is 3. The maximum absolute atomic E-state index is 12.0. The molecule has 0 radical (unpaired) electrons. The Balaban J connectivity index is 2.28. The molecule has 0 saturated heterocycles. The van der Waals surface area contributed by atoms with E-state index in [-0.39, 0.29) is 22.5 Å². The number of nitrogens with zero attached hydrogens (tertiary/aromatic N) is 1. The minimum absolute atomic E-state index is 0.0874. The van der Waals surface area contributed by atoms with Gasteiger partial charge < -0.3 is 16.2 Å². The van der Waals surface area contributed by atoms with E-state index in [4.69, 9.17) is 16.0 Å². The van der Waals surface area contributed by atoms with Gasteiger partial charge in [-0.2, -0.15) is 8.42 Å². The fourth-order valence-corrected chi connectivity index (χ4v) is 2.46. The third-order valence-electron chi connectivity index (χ3n) is 3.11. The maximum atomic E-state index is 12.0. The first-order valence-corrected chi connectivity index (χ1v) is 8.11. The van der Waals surface area contributed by atoms with Gasteiger partial charge in [0.2, 0.25) is 0 Å². The number of carbonyl (C=O) groups is 2. The van der Waals surface area contributed by atoms with E-state index >= 15 is 0 Å². The van der Waals surface area contributed by atoms with Crippen LogP contribution in [-0.4, -0.2) is 29.8 Å². The summed E-state index contributed by atoms with van der Waals surface area (Å²) in [7, 11) is -4.53. The number of ether oxygens (including phenoxy) is 1. The lowest BCUT2D eigenvalue weighted by molar-refractivity contribution is -0.384. The highest BCUT2D eigenvalue weighted by Crippen LogP contribution is 2.22. The number of nitrogens with two attached hydrogens (primary N) is 2. The van der Waals surface area contributed by atoms with Crippen LogP contribution in [0.25, 0.3) is 0 Å². The smallest absolute Gasteiger partial charge is 0.348 e. The van der Waals surface area contributed by atoms with E-state index in [0.29, 0.717) is 0 Å². The molecule has 0 saturated carbocycles. The first-order chi connectivity index (χ1) is 12.0. The van der Waals surface area contributed by atoms with Gasteiger partial charge in [-0.1, -0.05) is 0 Å². The van der Waals surface area contributed by atoms with Crippen molar-refractivity contribution >= 4 is 39.1 Å². The van der Waals surface area contributed by atoms with Crippen LogP contribution in [0.4, 0.5) is 17.1 Å². The number of nitro benzene ring substituents is 1. The molecule has 2 aromatic carbocycles. The second kappa shape index (κ2) is 6.78. The lowest BCUT2D eigenvalue weighted by Crippen LogP contribution is -2.15. The van der Waals surface area contributed by atoms with E-state index in [1.54, 1.807) is 0 Å². The number of nitro groups is 1. The monoisotopic (exact) mass is 381 g/mol. The Morgan fingerprint density at radius 3 is 2.27 bits per heavy atom. The van der Waals surface area contributed by atoms with E-state index in [0.717, 1.165) is 36.4 Å². The van der Waals surface area contributed by atoms with Gasteiger partial charge in [0.25, 0.3) is 15.8 Å². The SMILES string of the molecule is Nc1cc(C(=O)OC(=O)c2ccc(S(=O)(=O)O)cc2N)cc([N+](=O)[O-])c1. The molecule has 0 atom stereocenters. The van der Waals surface area contributed by atoms with Crippen LogP contribution < -0.4 is 11.5 Å². The van der Waals surface area contributed by atoms with Gasteiger partial charge in [-0.3, -0.25) is 14.7 Å². The number of esters is 2. The average Bonchev–Trinajstić information content (AvgIpc) is 2.52. The maximum Gasteiger partial charge on any atom is 0.348 e. The van der Waals surface area contributed by atoms with Crippen molar-refractivity contribution in [3.63, 3.8) is 0 Å². The number of nitrogen functional groups attached to an aromatic ring is 2. The van der Waals surface area contributed by atoms with E-state index < -0.39 is 37.6 Å². The summed E-state index contributed by atoms with van der Waals surface area (Å²) in [5.74, 6) is -2.44. The largest absolute Gasteiger partial charge is 0.399 e. The molecule has 0 bridgehead atoms. The Hall–Kier alpha value is -3.51. The van der Waals surface area contributed by atoms with Crippen molar-refractivity contribution in [1.82, 2.24) is 0 Å². The summed E-state index contributed by atoms with van der Waals surface area (Å²) in [6.45, 7) is 0. The minimum Gasteiger partial charge on any atom is -0.399 e. The van der Waals surface area contributed by atoms with Crippen LogP contribution in [0.15, 0.2) is 41.3 Å². The second-order valence-corrected chi connectivity index (χ2v) is 6.39. The van der Waals surface area contributed by atoms with Crippen molar-refractivity contribution < 1.29 is 32.2 Å². The molecule has 2 rings (SSSR count). The quantitative estimate of drug-likeness (QED) is 0.172. The van der Waals surface area contributed by atoms with Crippen LogP contribution in [0.5, 0.6) is 0 Å². The Morgan fingerprint density at radius 2 is 1.73 bits per heavy atom. The Labute approximate surface area is 146 Å². The summed E-state index contributed by atoms with van der Waals surface area (Å²) in [4.78, 5) is 33.5. The third-order valence-corrected chi connectivity index (χ3v) is 3.96. The number of carbonyl (C=O) groups excluding carboxylic acids is 2. The van der Waals surface area contributed by atoms with E-state index in [1.165, 1.54) is 0 Å². The molecule has 136 valence electrons. The van der Waals surface area contributed by atoms with Crippen LogP contribution in [0, 0.1) is 10.1 Å². The molecular weight excluding hydrogens is 370 g/mol. The topological polar surface area (TPSA) is 193 Å². The molecule has 26 heavy (non-hydrogen) atoms. The standard InChI is InChI=1S/C14H11N3O8S/c15-8-3-7(4-9(5-8)17(20)21)13(18)25-14(19)11-2-1-10(6-12(11)16)26(22,23)24/h1-6H,15-16H2,(H,22,23,24). The number of hydrogen-bond acceptors (Lipinski definition) is 9. The van der Waals surface area contributed by atoms with Gasteiger partial charge >= 0.3 is 11.9 Å². The minimum atomic E-state index is -4.53. The van der Waals surface area contributed by atoms with Crippen molar-refractivity contribution in [3.05, 3.63) is 57.6 Å². The van der Waals surface area contributed by atoms with Gasteiger partial charge in [0.1, 0.15) is 0 Å². The molecule has 2 aromatic rings. The zero-order chi connectivity index (χ0) is 19.6. The molecule has 12 heteroatoms. The zero-order valence-corrected chi connectivity index (χ0v) is 13.6. The summed E-state index contributed by atoms with van der Waals surface area (Å²) in [6.07, 6.45) is 0. The Bertz CT molecular complexity index is 1030. The highest BCUT2D eigenvalue weighted by atomic mass is 32.2. The van der Waals surface area contributed by atoms with Crippen LogP contribution in [-0.2, 0) is 14.9 Å². The average molecular weight is 381 g/mol. The molecule has 5 N–H and O–H groups in total. The number of benzene rings is 2. The van der Waals surface area contributed by atoms with Crippen LogP contribution in [0.2, 0.25) is 0 Å². The van der Waals surface area contributed by atoms with E-state index in [1.807, 2.05) is 0 Å². The molecule has 0 amide bonds. The van der Waals surface area contributed by atoms with Crippen molar-refractivity contribution in [1.29, 1.82) is 0 Å². The van der Waals surface area contributed by atoms with Gasteiger partial charge in [0.05, 0.1) is 20.9 Å². The predicted molar refractivity (Wildman–Crippen MR) is 87.9 cm³/mol. The molecule has 0 aliphatic rings. The fraction of sp³-hybridized carbons (Fsp3) is 0.